The third-order valence-corrected chi connectivity index (χ3v) is 9.75. The fourth-order valence-corrected chi connectivity index (χ4v) is 6.89. The number of aryl methyl sites for hydroxylation is 1. The highest BCUT2D eigenvalue weighted by atomic mass is 35.5. The maximum atomic E-state index is 14.5. The van der Waals surface area contributed by atoms with E-state index in [2.05, 4.69) is 20.3 Å². The molecule has 276 valence electrons. The predicted octanol–water partition coefficient (Wildman–Crippen LogP) is 4.04. The van der Waals surface area contributed by atoms with Crippen molar-refractivity contribution in [2.24, 2.45) is 0 Å². The number of nitrogens with zero attached hydrogens (tertiary/aromatic N) is 8. The largest absolute Gasteiger partial charge is 0.504 e. The van der Waals surface area contributed by atoms with E-state index in [0.29, 0.717) is 36.8 Å². The average Bonchev–Trinajstić information content (AvgIpc) is 3.09. The zero-order chi connectivity index (χ0) is 37.5. The van der Waals surface area contributed by atoms with Crippen molar-refractivity contribution >= 4 is 51.8 Å². The molecular formula is C34H37ClF3N9O5. The number of aromatic hydroxyl groups is 1. The summed E-state index contributed by atoms with van der Waals surface area (Å²) in [4.78, 5) is 64.2. The molecule has 14 nitrogen and oxygen atoms in total. The zero-order valence-corrected chi connectivity index (χ0v) is 29.6. The van der Waals surface area contributed by atoms with Crippen molar-refractivity contribution in [3.8, 4) is 5.75 Å². The van der Waals surface area contributed by atoms with Crippen LogP contribution in [0.25, 0.3) is 11.2 Å². The van der Waals surface area contributed by atoms with Crippen LogP contribution in [-0.2, 0) is 28.7 Å². The van der Waals surface area contributed by atoms with Crippen molar-refractivity contribution in [1.29, 1.82) is 0 Å². The number of anilines is 3. The van der Waals surface area contributed by atoms with Crippen LogP contribution in [0.2, 0.25) is 5.02 Å². The second kappa shape index (κ2) is 14.5. The number of amides is 2. The van der Waals surface area contributed by atoms with E-state index in [-0.39, 0.29) is 71.2 Å². The van der Waals surface area contributed by atoms with Gasteiger partial charge in [-0.1, -0.05) is 18.5 Å². The van der Waals surface area contributed by atoms with E-state index in [4.69, 9.17) is 21.3 Å². The van der Waals surface area contributed by atoms with E-state index in [9.17, 15) is 32.7 Å². The molecule has 1 aromatic carbocycles. The summed E-state index contributed by atoms with van der Waals surface area (Å²) >= 11 is 6.14. The lowest BCUT2D eigenvalue weighted by atomic mass is 10.0. The lowest BCUT2D eigenvalue weighted by molar-refractivity contribution is -0.137. The number of hydrogen-bond acceptors (Lipinski definition) is 11. The summed E-state index contributed by atoms with van der Waals surface area (Å²) < 4.78 is 46.6. The molecule has 0 radical (unpaired) electrons. The van der Waals surface area contributed by atoms with E-state index in [1.807, 2.05) is 23.6 Å². The lowest BCUT2D eigenvalue weighted by Crippen LogP contribution is -2.55. The number of aromatic nitrogens is 5. The minimum absolute atomic E-state index is 0.0158. The van der Waals surface area contributed by atoms with E-state index in [1.165, 1.54) is 6.33 Å². The number of piperazine rings is 1. The molecule has 2 N–H and O–H groups in total. The molecule has 6 rings (SSSR count). The number of hydrogen-bond donors (Lipinski definition) is 2. The summed E-state index contributed by atoms with van der Waals surface area (Å²) in [6.07, 6.45) is -0.697. The van der Waals surface area contributed by atoms with Crippen LogP contribution in [0.3, 0.4) is 0 Å². The van der Waals surface area contributed by atoms with E-state index >= 15 is 0 Å². The van der Waals surface area contributed by atoms with Gasteiger partial charge < -0.3 is 34.4 Å². The Hall–Kier alpha value is -5.03. The molecule has 0 bridgehead atoms. The van der Waals surface area contributed by atoms with Crippen LogP contribution in [-0.4, -0.2) is 98.3 Å². The van der Waals surface area contributed by atoms with Crippen molar-refractivity contribution in [2.75, 3.05) is 55.0 Å². The minimum atomic E-state index is -4.61. The third kappa shape index (κ3) is 6.93. The summed E-state index contributed by atoms with van der Waals surface area (Å²) in [5.41, 5.74) is -0.268. The Kier molecular flexibility index (Phi) is 10.3. The molecule has 2 atom stereocenters. The molecule has 2 fully saturated rings. The Balaban J connectivity index is 1.38. The molecule has 2 saturated heterocycles. The molecule has 2 aliphatic heterocycles. The van der Waals surface area contributed by atoms with Crippen molar-refractivity contribution in [1.82, 2.24) is 29.4 Å². The van der Waals surface area contributed by atoms with Crippen LogP contribution in [0.4, 0.5) is 30.4 Å². The molecule has 2 aliphatic rings. The van der Waals surface area contributed by atoms with Gasteiger partial charge in [-0.2, -0.15) is 13.2 Å². The molecule has 5 heterocycles. The number of halogens is 4. The summed E-state index contributed by atoms with van der Waals surface area (Å²) in [7, 11) is 1.61. The first-order valence-corrected chi connectivity index (χ1v) is 17.0. The van der Waals surface area contributed by atoms with Crippen LogP contribution < -0.4 is 20.5 Å². The lowest BCUT2D eigenvalue weighted by Gasteiger charge is -2.42. The third-order valence-electron chi connectivity index (χ3n) is 9.44. The van der Waals surface area contributed by atoms with Crippen LogP contribution in [0.15, 0.2) is 35.5 Å². The summed E-state index contributed by atoms with van der Waals surface area (Å²) in [5.74, 6) is -0.919. The van der Waals surface area contributed by atoms with Crippen molar-refractivity contribution in [3.05, 3.63) is 68.6 Å². The number of benzene rings is 1. The summed E-state index contributed by atoms with van der Waals surface area (Å²) in [6, 6.07) is 2.30. The molecule has 0 spiro atoms. The fourth-order valence-electron chi connectivity index (χ4n) is 6.67. The molecule has 3 aromatic heterocycles. The van der Waals surface area contributed by atoms with E-state index in [0.717, 1.165) is 24.6 Å². The quantitative estimate of drug-likeness (QED) is 0.255. The first kappa shape index (κ1) is 36.8. The number of carbonyl (C=O) groups is 2. The number of ether oxygens (including phenoxy) is 1. The summed E-state index contributed by atoms with van der Waals surface area (Å²) in [6.45, 7) is 6.64. The van der Waals surface area contributed by atoms with Crippen molar-refractivity contribution in [3.63, 3.8) is 0 Å². The van der Waals surface area contributed by atoms with Gasteiger partial charge in [-0.15, -0.1) is 0 Å². The highest BCUT2D eigenvalue weighted by molar-refractivity contribution is 6.33. The normalized spacial score (nSPS) is 17.7. The minimum Gasteiger partial charge on any atom is -0.504 e. The van der Waals surface area contributed by atoms with E-state index in [1.54, 1.807) is 29.7 Å². The number of methoxy groups -OCH3 is 1. The number of pyridine rings is 1. The van der Waals surface area contributed by atoms with Gasteiger partial charge in [-0.05, 0) is 44.9 Å². The average molecular weight is 744 g/mol. The molecule has 2 amide bonds. The first-order valence-electron chi connectivity index (χ1n) is 16.6. The van der Waals surface area contributed by atoms with Gasteiger partial charge in [0.15, 0.2) is 22.6 Å². The van der Waals surface area contributed by atoms with Crippen molar-refractivity contribution in [2.45, 2.75) is 58.4 Å². The highest BCUT2D eigenvalue weighted by Gasteiger charge is 2.35. The van der Waals surface area contributed by atoms with E-state index < -0.39 is 35.0 Å². The number of alkyl halides is 3. The number of nitrogens with one attached hydrogen (secondary N) is 1. The maximum absolute atomic E-state index is 14.5. The van der Waals surface area contributed by atoms with Gasteiger partial charge in [0.1, 0.15) is 24.4 Å². The Morgan fingerprint density at radius 2 is 1.90 bits per heavy atom. The SMILES string of the molecule is CCc1c(N2CCN(C(=O)c3ncnc(C)c3O)C[C@@H]2C)c(=O)c2nc(N3CC[C@H]3COC)cnc2n1CC(=O)Nc1ccc(C(F)(F)F)cc1Cl. The standard InChI is InChI=1S/C34H37ClF3N9O5/c1-5-24-29(45-11-10-44(14-18(45)2)33(51)28-30(49)19(3)40-17-41-28)31(50)27-32(39-13-25(43-27)46-9-8-21(46)16-52-4)47(24)15-26(48)42-23-7-6-20(12-22(23)35)34(36,37)38/h6-7,12-13,17-18,21,49H,5,8-11,14-16H2,1-4H3,(H,42,48)/t18-,21-/m0/s1. The molecule has 0 aliphatic carbocycles. The summed E-state index contributed by atoms with van der Waals surface area (Å²) in [5, 5.41) is 12.7. The maximum Gasteiger partial charge on any atom is 0.416 e. The van der Waals surface area contributed by atoms with Gasteiger partial charge in [0.05, 0.1) is 40.8 Å². The molecule has 0 unspecified atom stereocenters. The van der Waals surface area contributed by atoms with Crippen LogP contribution in [0, 0.1) is 6.92 Å². The van der Waals surface area contributed by atoms with Gasteiger partial charge in [0, 0.05) is 45.0 Å². The van der Waals surface area contributed by atoms with Crippen molar-refractivity contribution < 1.29 is 32.6 Å². The number of fused-ring (bicyclic) bond motifs is 1. The Labute approximate surface area is 301 Å². The smallest absolute Gasteiger partial charge is 0.416 e. The molecule has 52 heavy (non-hydrogen) atoms. The second-order valence-electron chi connectivity index (χ2n) is 12.7. The Morgan fingerprint density at radius 1 is 1.13 bits per heavy atom. The predicted molar refractivity (Wildman–Crippen MR) is 187 cm³/mol. The van der Waals surface area contributed by atoms with Gasteiger partial charge in [0.2, 0.25) is 11.3 Å². The van der Waals surface area contributed by atoms with Gasteiger partial charge in [-0.3, -0.25) is 14.4 Å². The Morgan fingerprint density at radius 3 is 2.54 bits per heavy atom. The molecular weight excluding hydrogens is 707 g/mol. The molecule has 4 aromatic rings. The van der Waals surface area contributed by atoms with Crippen LogP contribution >= 0.6 is 11.6 Å². The molecule has 18 heteroatoms. The van der Waals surface area contributed by atoms with Crippen LogP contribution in [0.5, 0.6) is 5.75 Å². The first-order chi connectivity index (χ1) is 24.7. The van der Waals surface area contributed by atoms with Gasteiger partial charge in [0.25, 0.3) is 5.91 Å². The topological polar surface area (TPSA) is 159 Å². The number of carbonyl (C=O) groups excluding carboxylic acids is 2. The van der Waals surface area contributed by atoms with Gasteiger partial charge in [-0.25, -0.2) is 19.9 Å². The zero-order valence-electron chi connectivity index (χ0n) is 28.9. The van der Waals surface area contributed by atoms with Crippen LogP contribution in [0.1, 0.15) is 47.7 Å². The molecule has 0 saturated carbocycles. The highest BCUT2D eigenvalue weighted by Crippen LogP contribution is 2.34. The monoisotopic (exact) mass is 743 g/mol. The van der Waals surface area contributed by atoms with Gasteiger partial charge >= 0.3 is 6.18 Å². The number of rotatable bonds is 9. The Bertz CT molecular complexity index is 2100. The second-order valence-corrected chi connectivity index (χ2v) is 13.2. The fraction of sp³-hybridized carbons (Fsp3) is 0.441.